The fourth-order valence-electron chi connectivity index (χ4n) is 2.78. The molecule has 2 aromatic carbocycles. The highest BCUT2D eigenvalue weighted by Gasteiger charge is 2.17. The fourth-order valence-corrected chi connectivity index (χ4v) is 2.78. The van der Waals surface area contributed by atoms with Gasteiger partial charge in [0.1, 0.15) is 0 Å². The lowest BCUT2D eigenvalue weighted by molar-refractivity contribution is -0.578. The molecule has 0 radical (unpaired) electrons. The Morgan fingerprint density at radius 3 is 2.30 bits per heavy atom. The number of benzene rings is 2. The second-order valence-corrected chi connectivity index (χ2v) is 6.23. The van der Waals surface area contributed by atoms with Crippen LogP contribution in [0.3, 0.4) is 0 Å². The van der Waals surface area contributed by atoms with Crippen molar-refractivity contribution < 1.29 is 23.9 Å². The number of pyridine rings is 1. The van der Waals surface area contributed by atoms with Crippen molar-refractivity contribution in [2.24, 2.45) is 0 Å². The number of nitro groups is 2. The maximum atomic E-state index is 11.3. The molecular weight excluding hydrogens is 390 g/mol. The normalized spacial score (nSPS) is 11.0. The highest BCUT2D eigenvalue weighted by Crippen LogP contribution is 2.22. The van der Waals surface area contributed by atoms with Crippen LogP contribution < -0.4 is 9.30 Å². The molecular formula is C21H16N3O6+. The van der Waals surface area contributed by atoms with Gasteiger partial charge in [0.2, 0.25) is 11.9 Å². The van der Waals surface area contributed by atoms with Crippen molar-refractivity contribution >= 4 is 29.1 Å². The van der Waals surface area contributed by atoms with Gasteiger partial charge in [0.25, 0.3) is 11.4 Å². The predicted octanol–water partition coefficient (Wildman–Crippen LogP) is 3.76. The van der Waals surface area contributed by atoms with E-state index < -0.39 is 15.8 Å². The quantitative estimate of drug-likeness (QED) is 0.202. The van der Waals surface area contributed by atoms with E-state index in [-0.39, 0.29) is 11.4 Å². The van der Waals surface area contributed by atoms with E-state index in [1.54, 1.807) is 59.4 Å². The largest absolute Gasteiger partial charge is 0.420 e. The molecule has 0 N–H and O–H groups in total. The lowest BCUT2D eigenvalue weighted by atomic mass is 10.1. The second-order valence-electron chi connectivity index (χ2n) is 6.23. The molecule has 0 saturated carbocycles. The van der Waals surface area contributed by atoms with E-state index in [4.69, 9.17) is 4.74 Å². The Morgan fingerprint density at radius 2 is 1.67 bits per heavy atom. The predicted molar refractivity (Wildman–Crippen MR) is 107 cm³/mol. The highest BCUT2D eigenvalue weighted by atomic mass is 16.6. The minimum absolute atomic E-state index is 0.0629. The molecule has 1 aromatic heterocycles. The van der Waals surface area contributed by atoms with Crippen LogP contribution in [0, 0.1) is 20.2 Å². The second kappa shape index (κ2) is 8.74. The molecule has 3 aromatic rings. The van der Waals surface area contributed by atoms with E-state index in [0.29, 0.717) is 22.6 Å². The van der Waals surface area contributed by atoms with Gasteiger partial charge in [-0.15, -0.1) is 0 Å². The number of hydrogen-bond donors (Lipinski definition) is 0. The highest BCUT2D eigenvalue weighted by molar-refractivity contribution is 5.77. The van der Waals surface area contributed by atoms with Crippen LogP contribution in [-0.4, -0.2) is 15.8 Å². The molecule has 30 heavy (non-hydrogen) atoms. The third kappa shape index (κ3) is 4.90. The van der Waals surface area contributed by atoms with E-state index in [2.05, 4.69) is 0 Å². The van der Waals surface area contributed by atoms with E-state index in [1.807, 2.05) is 0 Å². The Balaban J connectivity index is 2.14. The summed E-state index contributed by atoms with van der Waals surface area (Å²) in [6.45, 7) is 1.29. The van der Waals surface area contributed by atoms with Gasteiger partial charge in [-0.2, -0.15) is 4.57 Å². The first kappa shape index (κ1) is 20.3. The molecule has 0 aliphatic heterocycles. The van der Waals surface area contributed by atoms with Crippen molar-refractivity contribution in [2.45, 2.75) is 6.92 Å². The van der Waals surface area contributed by atoms with Gasteiger partial charge in [0, 0.05) is 48.9 Å². The summed E-state index contributed by atoms with van der Waals surface area (Å²) in [6.07, 6.45) is 4.98. The molecule has 9 nitrogen and oxygen atoms in total. The monoisotopic (exact) mass is 406 g/mol. The van der Waals surface area contributed by atoms with Crippen molar-refractivity contribution in [1.29, 1.82) is 0 Å². The number of carbonyl (C=O) groups is 1. The lowest BCUT2D eigenvalue weighted by Crippen LogP contribution is -2.32. The van der Waals surface area contributed by atoms with Crippen molar-refractivity contribution in [3.05, 3.63) is 104 Å². The number of ether oxygens (including phenoxy) is 1. The number of hydrogen-bond acceptors (Lipinski definition) is 6. The molecule has 3 rings (SSSR count). The van der Waals surface area contributed by atoms with Crippen LogP contribution >= 0.6 is 0 Å². The maximum Gasteiger partial charge on any atom is 0.308 e. The van der Waals surface area contributed by atoms with Gasteiger partial charge >= 0.3 is 5.97 Å². The molecule has 0 saturated heterocycles. The average molecular weight is 406 g/mol. The van der Waals surface area contributed by atoms with E-state index in [9.17, 15) is 25.0 Å². The molecule has 0 aliphatic carbocycles. The number of rotatable bonds is 6. The summed E-state index contributed by atoms with van der Waals surface area (Å²) >= 11 is 0. The minimum Gasteiger partial charge on any atom is -0.420 e. The molecule has 0 bridgehead atoms. The summed E-state index contributed by atoms with van der Waals surface area (Å²) in [4.78, 5) is 32.4. The number of aromatic nitrogens is 1. The average Bonchev–Trinajstić information content (AvgIpc) is 2.72. The first-order valence-electron chi connectivity index (χ1n) is 8.74. The van der Waals surface area contributed by atoms with Crippen LogP contribution in [-0.2, 0) is 4.79 Å². The lowest BCUT2D eigenvalue weighted by Gasteiger charge is -2.05. The Labute approximate surface area is 170 Å². The van der Waals surface area contributed by atoms with Gasteiger partial charge in [0.15, 0.2) is 11.9 Å². The summed E-state index contributed by atoms with van der Waals surface area (Å²) in [7, 11) is 0. The standard InChI is InChI=1S/C21H16N3O6/c1-15(25)30-20-6-3-11-22(14-20)21(17-7-9-18(10-8-17)23(26)27)13-16-4-2-5-19(12-16)24(28)29/h2-14H,1H3/q+1/b21-13+. The van der Waals surface area contributed by atoms with Crippen LogP contribution in [0.25, 0.3) is 11.8 Å². The Hall–Kier alpha value is -4.40. The summed E-state index contributed by atoms with van der Waals surface area (Å²) in [5.41, 5.74) is 1.62. The first-order valence-corrected chi connectivity index (χ1v) is 8.74. The van der Waals surface area contributed by atoms with E-state index in [1.165, 1.54) is 31.2 Å². The van der Waals surface area contributed by atoms with E-state index in [0.717, 1.165) is 0 Å². The zero-order valence-electron chi connectivity index (χ0n) is 15.8. The Morgan fingerprint density at radius 1 is 0.967 bits per heavy atom. The molecule has 1 heterocycles. The molecule has 0 atom stereocenters. The number of carbonyl (C=O) groups excluding carboxylic acids is 1. The van der Waals surface area contributed by atoms with Gasteiger partial charge in [0.05, 0.1) is 9.85 Å². The van der Waals surface area contributed by atoms with Gasteiger partial charge < -0.3 is 4.74 Å². The molecule has 150 valence electrons. The third-order valence-corrected chi connectivity index (χ3v) is 4.07. The molecule has 0 fully saturated rings. The van der Waals surface area contributed by atoms with Crippen LogP contribution in [0.2, 0.25) is 0 Å². The maximum absolute atomic E-state index is 11.3. The molecule has 0 spiro atoms. The van der Waals surface area contributed by atoms with Crippen molar-refractivity contribution in [3.63, 3.8) is 0 Å². The van der Waals surface area contributed by atoms with Crippen LogP contribution in [0.15, 0.2) is 73.1 Å². The minimum atomic E-state index is -0.498. The SMILES string of the molecule is CC(=O)Oc1ccc[n+](/C(=C/c2cccc([N+](=O)[O-])c2)c2ccc([N+](=O)[O-])cc2)c1. The van der Waals surface area contributed by atoms with Gasteiger partial charge in [-0.1, -0.05) is 12.1 Å². The first-order chi connectivity index (χ1) is 14.3. The number of nitro benzene ring substituents is 2. The van der Waals surface area contributed by atoms with Crippen LogP contribution in [0.4, 0.5) is 11.4 Å². The smallest absolute Gasteiger partial charge is 0.308 e. The summed E-state index contributed by atoms with van der Waals surface area (Å²) in [6, 6.07) is 15.2. The molecule has 0 unspecified atom stereocenters. The number of nitrogens with zero attached hydrogens (tertiary/aromatic N) is 3. The number of esters is 1. The van der Waals surface area contributed by atoms with Gasteiger partial charge in [-0.05, 0) is 23.8 Å². The summed E-state index contributed by atoms with van der Waals surface area (Å²) in [5.74, 6) is -0.177. The van der Waals surface area contributed by atoms with Gasteiger partial charge in [-0.25, -0.2) is 0 Å². The molecule has 9 heteroatoms. The van der Waals surface area contributed by atoms with E-state index >= 15 is 0 Å². The van der Waals surface area contributed by atoms with Crippen molar-refractivity contribution in [1.82, 2.24) is 0 Å². The summed E-state index contributed by atoms with van der Waals surface area (Å²) < 4.78 is 6.79. The molecule has 0 aliphatic rings. The Kier molecular flexibility index (Phi) is 5.92. The van der Waals surface area contributed by atoms with Crippen molar-refractivity contribution in [2.75, 3.05) is 0 Å². The Bertz CT molecular complexity index is 1160. The third-order valence-electron chi connectivity index (χ3n) is 4.07. The topological polar surface area (TPSA) is 116 Å². The molecule has 0 amide bonds. The zero-order chi connectivity index (χ0) is 21.7. The fraction of sp³-hybridized carbons (Fsp3) is 0.0476. The zero-order valence-corrected chi connectivity index (χ0v) is 15.8. The van der Waals surface area contributed by atoms with Crippen LogP contribution in [0.1, 0.15) is 18.1 Å². The number of non-ortho nitro benzene ring substituents is 2. The van der Waals surface area contributed by atoms with Crippen molar-refractivity contribution in [3.8, 4) is 5.75 Å². The summed E-state index contributed by atoms with van der Waals surface area (Å²) in [5, 5.41) is 22.1. The van der Waals surface area contributed by atoms with Gasteiger partial charge in [-0.3, -0.25) is 25.0 Å². The van der Waals surface area contributed by atoms with Crippen LogP contribution in [0.5, 0.6) is 5.75 Å².